The molecule has 1 aliphatic heterocycles. The Balaban J connectivity index is 0.000000321. The van der Waals surface area contributed by atoms with Crippen LogP contribution in [-0.2, 0) is 14.4 Å². The SMILES string of the molecule is CCC(C)C(N)C(=O)O.O=C(O)[C@H]1NCCC1=O. The van der Waals surface area contributed by atoms with E-state index in [1.807, 2.05) is 13.8 Å². The van der Waals surface area contributed by atoms with Crippen molar-refractivity contribution in [2.45, 2.75) is 38.8 Å². The molecule has 3 atom stereocenters. The molecule has 1 heterocycles. The Hall–Kier alpha value is -1.47. The second kappa shape index (κ2) is 7.78. The number of carboxylic acids is 2. The van der Waals surface area contributed by atoms with Crippen molar-refractivity contribution in [1.29, 1.82) is 0 Å². The van der Waals surface area contributed by atoms with Crippen LogP contribution in [0.15, 0.2) is 0 Å². The minimum Gasteiger partial charge on any atom is -0.480 e. The minimum atomic E-state index is -1.07. The Kier molecular flexibility index (Phi) is 7.14. The molecule has 0 aromatic carbocycles. The van der Waals surface area contributed by atoms with Gasteiger partial charge < -0.3 is 15.9 Å². The molecule has 1 saturated heterocycles. The highest BCUT2D eigenvalue weighted by Crippen LogP contribution is 2.04. The average Bonchev–Trinajstić information content (AvgIpc) is 2.74. The topological polar surface area (TPSA) is 130 Å². The number of hydrogen-bond acceptors (Lipinski definition) is 5. The molecule has 2 unspecified atom stereocenters. The maximum absolute atomic E-state index is 10.6. The standard InChI is InChI=1S/C6H13NO2.C5H7NO3/c1-3-4(2)5(7)6(8)9;7-3-1-2-6-4(3)5(8)9/h4-5H,3,7H2,1-2H3,(H,8,9);4,6H,1-2H2,(H,8,9)/t;4-/m.0/s1. The lowest BCUT2D eigenvalue weighted by Gasteiger charge is -2.11. The number of carboxylic acid groups (broad SMARTS) is 2. The van der Waals surface area contributed by atoms with Gasteiger partial charge in [0.15, 0.2) is 11.8 Å². The van der Waals surface area contributed by atoms with Crippen LogP contribution < -0.4 is 11.1 Å². The molecule has 0 amide bonds. The van der Waals surface area contributed by atoms with Crippen LogP contribution in [0.2, 0.25) is 0 Å². The largest absolute Gasteiger partial charge is 0.480 e. The summed E-state index contributed by atoms with van der Waals surface area (Å²) in [6.07, 6.45) is 1.16. The summed E-state index contributed by atoms with van der Waals surface area (Å²) >= 11 is 0. The van der Waals surface area contributed by atoms with E-state index in [4.69, 9.17) is 15.9 Å². The van der Waals surface area contributed by atoms with E-state index in [0.717, 1.165) is 6.42 Å². The molecule has 0 bridgehead atoms. The van der Waals surface area contributed by atoms with Crippen LogP contribution in [0.1, 0.15) is 26.7 Å². The summed E-state index contributed by atoms with van der Waals surface area (Å²) in [6.45, 7) is 4.25. The first kappa shape index (κ1) is 16.5. The van der Waals surface area contributed by atoms with E-state index in [9.17, 15) is 14.4 Å². The van der Waals surface area contributed by atoms with Gasteiger partial charge in [0, 0.05) is 13.0 Å². The van der Waals surface area contributed by atoms with Gasteiger partial charge in [-0.1, -0.05) is 20.3 Å². The number of aliphatic carboxylic acids is 2. The fourth-order valence-corrected chi connectivity index (χ4v) is 1.32. The highest BCUT2D eigenvalue weighted by molar-refractivity contribution is 6.03. The molecule has 0 aromatic rings. The Labute approximate surface area is 105 Å². The Morgan fingerprint density at radius 2 is 2.06 bits per heavy atom. The lowest BCUT2D eigenvalue weighted by atomic mass is 10.0. The van der Waals surface area contributed by atoms with E-state index in [1.165, 1.54) is 0 Å². The molecule has 1 fully saturated rings. The van der Waals surface area contributed by atoms with Crippen molar-refractivity contribution in [2.24, 2.45) is 11.7 Å². The summed E-state index contributed by atoms with van der Waals surface area (Å²) in [4.78, 5) is 30.9. The number of ketones is 1. The van der Waals surface area contributed by atoms with Crippen molar-refractivity contribution in [2.75, 3.05) is 6.54 Å². The third-order valence-corrected chi connectivity index (χ3v) is 2.83. The molecule has 0 aliphatic carbocycles. The Morgan fingerprint density at radius 1 is 1.50 bits per heavy atom. The quantitative estimate of drug-likeness (QED) is 0.499. The van der Waals surface area contributed by atoms with Crippen LogP contribution in [0.25, 0.3) is 0 Å². The number of nitrogens with two attached hydrogens (primary N) is 1. The van der Waals surface area contributed by atoms with Gasteiger partial charge in [0.25, 0.3) is 0 Å². The summed E-state index contributed by atoms with van der Waals surface area (Å²) < 4.78 is 0. The van der Waals surface area contributed by atoms with Gasteiger partial charge in [-0.05, 0) is 5.92 Å². The van der Waals surface area contributed by atoms with E-state index in [-0.39, 0.29) is 11.7 Å². The van der Waals surface area contributed by atoms with E-state index < -0.39 is 24.0 Å². The summed E-state index contributed by atoms with van der Waals surface area (Å²) in [5, 5.41) is 19.2. The number of Topliss-reactive ketones (excluding diaryl/α,β-unsaturated/α-hetero) is 1. The fourth-order valence-electron chi connectivity index (χ4n) is 1.32. The van der Waals surface area contributed by atoms with Crippen molar-refractivity contribution >= 4 is 17.7 Å². The molecule has 0 saturated carbocycles. The molecule has 18 heavy (non-hydrogen) atoms. The Morgan fingerprint density at radius 3 is 2.22 bits per heavy atom. The lowest BCUT2D eigenvalue weighted by Crippen LogP contribution is -2.36. The normalized spacial score (nSPS) is 21.7. The molecule has 1 rings (SSSR count). The van der Waals surface area contributed by atoms with Crippen molar-refractivity contribution in [3.63, 3.8) is 0 Å². The van der Waals surface area contributed by atoms with Crippen LogP contribution in [0.5, 0.6) is 0 Å². The highest BCUT2D eigenvalue weighted by Gasteiger charge is 2.29. The molecule has 0 aromatic heterocycles. The first-order valence-corrected chi connectivity index (χ1v) is 5.78. The monoisotopic (exact) mass is 260 g/mol. The minimum absolute atomic E-state index is 0.0718. The summed E-state index contributed by atoms with van der Waals surface area (Å²) in [5.74, 6) is -2.13. The van der Waals surface area contributed by atoms with Gasteiger partial charge in [0.05, 0.1) is 0 Å². The van der Waals surface area contributed by atoms with Gasteiger partial charge in [0.1, 0.15) is 6.04 Å². The smallest absolute Gasteiger partial charge is 0.328 e. The Bertz CT molecular complexity index is 319. The maximum Gasteiger partial charge on any atom is 0.328 e. The number of hydrogen-bond donors (Lipinski definition) is 4. The van der Waals surface area contributed by atoms with Gasteiger partial charge in [0.2, 0.25) is 0 Å². The second-order valence-corrected chi connectivity index (χ2v) is 4.19. The van der Waals surface area contributed by atoms with Gasteiger partial charge in [-0.3, -0.25) is 19.7 Å². The average molecular weight is 260 g/mol. The number of rotatable bonds is 4. The first-order chi connectivity index (χ1) is 8.31. The van der Waals surface area contributed by atoms with Crippen molar-refractivity contribution in [3.8, 4) is 0 Å². The molecular formula is C11H20N2O5. The van der Waals surface area contributed by atoms with Crippen LogP contribution >= 0.6 is 0 Å². The van der Waals surface area contributed by atoms with E-state index in [0.29, 0.717) is 13.0 Å². The second-order valence-electron chi connectivity index (χ2n) is 4.19. The van der Waals surface area contributed by atoms with Crippen molar-refractivity contribution in [1.82, 2.24) is 5.32 Å². The van der Waals surface area contributed by atoms with Crippen LogP contribution in [0, 0.1) is 5.92 Å². The van der Waals surface area contributed by atoms with Crippen molar-refractivity contribution < 1.29 is 24.6 Å². The molecule has 1 aliphatic rings. The number of nitrogens with one attached hydrogen (secondary N) is 1. The third-order valence-electron chi connectivity index (χ3n) is 2.83. The van der Waals surface area contributed by atoms with E-state index in [1.54, 1.807) is 0 Å². The van der Waals surface area contributed by atoms with Crippen LogP contribution in [0.3, 0.4) is 0 Å². The summed E-state index contributed by atoms with van der Waals surface area (Å²) in [5.41, 5.74) is 5.27. The van der Waals surface area contributed by atoms with Crippen LogP contribution in [-0.4, -0.2) is 46.6 Å². The summed E-state index contributed by atoms with van der Waals surface area (Å²) in [6, 6.07) is -1.64. The predicted molar refractivity (Wildman–Crippen MR) is 64.1 cm³/mol. The lowest BCUT2D eigenvalue weighted by molar-refractivity contribution is -0.142. The van der Waals surface area contributed by atoms with Crippen LogP contribution in [0.4, 0.5) is 0 Å². The summed E-state index contributed by atoms with van der Waals surface area (Å²) in [7, 11) is 0. The number of carbonyl (C=O) groups is 3. The molecule has 0 radical (unpaired) electrons. The molecule has 5 N–H and O–H groups in total. The molecule has 7 nitrogen and oxygen atoms in total. The van der Waals surface area contributed by atoms with Gasteiger partial charge in [-0.2, -0.15) is 0 Å². The van der Waals surface area contributed by atoms with Gasteiger partial charge in [-0.15, -0.1) is 0 Å². The zero-order valence-corrected chi connectivity index (χ0v) is 10.5. The predicted octanol–water partition coefficient (Wildman–Crippen LogP) is -0.554. The molecule has 104 valence electrons. The first-order valence-electron chi connectivity index (χ1n) is 5.78. The zero-order chi connectivity index (χ0) is 14.3. The third kappa shape index (κ3) is 5.24. The highest BCUT2D eigenvalue weighted by atomic mass is 16.4. The van der Waals surface area contributed by atoms with Crippen molar-refractivity contribution in [3.05, 3.63) is 0 Å². The van der Waals surface area contributed by atoms with Gasteiger partial charge >= 0.3 is 11.9 Å². The molecular weight excluding hydrogens is 240 g/mol. The fraction of sp³-hybridized carbons (Fsp3) is 0.727. The molecule has 0 spiro atoms. The zero-order valence-electron chi connectivity index (χ0n) is 10.5. The van der Waals surface area contributed by atoms with E-state index in [2.05, 4.69) is 5.32 Å². The van der Waals surface area contributed by atoms with E-state index >= 15 is 0 Å². The molecule has 7 heteroatoms. The maximum atomic E-state index is 10.6. The van der Waals surface area contributed by atoms with Gasteiger partial charge in [-0.25, -0.2) is 0 Å². The number of carbonyl (C=O) groups excluding carboxylic acids is 1.